The molecular formula is C14H17ClN2S. The minimum atomic E-state index is 0.459. The van der Waals surface area contributed by atoms with Crippen LogP contribution in [0.3, 0.4) is 0 Å². The van der Waals surface area contributed by atoms with Crippen LogP contribution in [0.25, 0.3) is 0 Å². The van der Waals surface area contributed by atoms with Gasteiger partial charge in [0.05, 0.1) is 10.7 Å². The molecule has 1 aromatic heterocycles. The maximum absolute atomic E-state index is 6.15. The first-order valence-electron chi connectivity index (χ1n) is 6.03. The van der Waals surface area contributed by atoms with E-state index in [0.29, 0.717) is 6.04 Å². The molecule has 4 heteroatoms. The number of likely N-dealkylation sites (N-methyl/N-ethyl adjacent to an activating group) is 1. The molecule has 0 aliphatic carbocycles. The molecule has 18 heavy (non-hydrogen) atoms. The van der Waals surface area contributed by atoms with Crippen LogP contribution in [-0.4, -0.2) is 18.1 Å². The summed E-state index contributed by atoms with van der Waals surface area (Å²) in [7, 11) is 1.97. The molecule has 2 aromatic rings. The van der Waals surface area contributed by atoms with Crippen molar-refractivity contribution in [2.75, 3.05) is 7.05 Å². The zero-order valence-corrected chi connectivity index (χ0v) is 12.2. The van der Waals surface area contributed by atoms with Crippen molar-refractivity contribution in [2.45, 2.75) is 25.8 Å². The van der Waals surface area contributed by atoms with E-state index in [1.165, 1.54) is 0 Å². The molecule has 1 aromatic carbocycles. The molecule has 1 atom stereocenters. The van der Waals surface area contributed by atoms with Crippen LogP contribution in [0.1, 0.15) is 23.2 Å². The normalized spacial score (nSPS) is 12.6. The molecule has 0 bridgehead atoms. The van der Waals surface area contributed by atoms with Gasteiger partial charge < -0.3 is 5.32 Å². The first-order valence-corrected chi connectivity index (χ1v) is 7.28. The molecule has 1 heterocycles. The molecule has 0 spiro atoms. The number of hydrogen-bond donors (Lipinski definition) is 1. The molecular weight excluding hydrogens is 264 g/mol. The standard InChI is InChI=1S/C14H17ClN2S/c1-10(16-2)7-12-9-18-14(17-12)8-11-5-3-4-6-13(11)15/h3-6,9-10,16H,7-8H2,1-2H3. The summed E-state index contributed by atoms with van der Waals surface area (Å²) < 4.78 is 0. The van der Waals surface area contributed by atoms with E-state index in [9.17, 15) is 0 Å². The van der Waals surface area contributed by atoms with Gasteiger partial charge >= 0.3 is 0 Å². The predicted molar refractivity (Wildman–Crippen MR) is 78.6 cm³/mol. The average molecular weight is 281 g/mol. The van der Waals surface area contributed by atoms with Gasteiger partial charge in [0.2, 0.25) is 0 Å². The molecule has 2 rings (SSSR count). The minimum Gasteiger partial charge on any atom is -0.317 e. The Morgan fingerprint density at radius 2 is 2.17 bits per heavy atom. The molecule has 1 unspecified atom stereocenters. The van der Waals surface area contributed by atoms with Crippen molar-refractivity contribution in [3.8, 4) is 0 Å². The molecule has 96 valence electrons. The lowest BCUT2D eigenvalue weighted by atomic mass is 10.1. The van der Waals surface area contributed by atoms with E-state index in [2.05, 4.69) is 28.7 Å². The van der Waals surface area contributed by atoms with Gasteiger partial charge in [-0.25, -0.2) is 4.98 Å². The van der Waals surface area contributed by atoms with Gasteiger partial charge in [-0.3, -0.25) is 0 Å². The summed E-state index contributed by atoms with van der Waals surface area (Å²) in [6, 6.07) is 8.40. The third kappa shape index (κ3) is 3.55. The fourth-order valence-corrected chi connectivity index (χ4v) is 2.78. The smallest absolute Gasteiger partial charge is 0.0972 e. The molecule has 1 N–H and O–H groups in total. The van der Waals surface area contributed by atoms with E-state index in [4.69, 9.17) is 11.6 Å². The number of aromatic nitrogens is 1. The van der Waals surface area contributed by atoms with Gasteiger partial charge in [-0.05, 0) is 25.6 Å². The third-order valence-corrected chi connectivity index (χ3v) is 4.17. The Morgan fingerprint density at radius 1 is 1.39 bits per heavy atom. The minimum absolute atomic E-state index is 0.459. The monoisotopic (exact) mass is 280 g/mol. The summed E-state index contributed by atoms with van der Waals surface area (Å²) >= 11 is 7.86. The van der Waals surface area contributed by atoms with Crippen molar-refractivity contribution >= 4 is 22.9 Å². The maximum Gasteiger partial charge on any atom is 0.0972 e. The maximum atomic E-state index is 6.15. The van der Waals surface area contributed by atoms with E-state index in [1.54, 1.807) is 11.3 Å². The van der Waals surface area contributed by atoms with Gasteiger partial charge in [0.25, 0.3) is 0 Å². The third-order valence-electron chi connectivity index (χ3n) is 2.91. The second kappa shape index (κ2) is 6.32. The molecule has 0 radical (unpaired) electrons. The van der Waals surface area contributed by atoms with E-state index in [-0.39, 0.29) is 0 Å². The van der Waals surface area contributed by atoms with E-state index in [0.717, 1.165) is 34.1 Å². The van der Waals surface area contributed by atoms with Gasteiger partial charge in [0, 0.05) is 29.3 Å². The van der Waals surface area contributed by atoms with Crippen molar-refractivity contribution < 1.29 is 0 Å². The lowest BCUT2D eigenvalue weighted by Crippen LogP contribution is -2.23. The second-order valence-electron chi connectivity index (χ2n) is 4.39. The average Bonchev–Trinajstić information content (AvgIpc) is 2.79. The molecule has 0 fully saturated rings. The van der Waals surface area contributed by atoms with Gasteiger partial charge in [-0.15, -0.1) is 11.3 Å². The molecule has 0 saturated heterocycles. The van der Waals surface area contributed by atoms with E-state index >= 15 is 0 Å². The van der Waals surface area contributed by atoms with Crippen molar-refractivity contribution in [2.24, 2.45) is 0 Å². The Labute approximate surface area is 117 Å². The number of halogens is 1. The van der Waals surface area contributed by atoms with Gasteiger partial charge in [0.1, 0.15) is 0 Å². The SMILES string of the molecule is CNC(C)Cc1csc(Cc2ccccc2Cl)n1. The van der Waals surface area contributed by atoms with E-state index < -0.39 is 0 Å². The number of thiazole rings is 1. The van der Waals surface area contributed by atoms with Crippen LogP contribution in [0.15, 0.2) is 29.6 Å². The Hall–Kier alpha value is -0.900. The topological polar surface area (TPSA) is 24.9 Å². The van der Waals surface area contributed by atoms with Crippen molar-refractivity contribution in [1.29, 1.82) is 0 Å². The first kappa shape index (κ1) is 13.5. The van der Waals surface area contributed by atoms with Crippen LogP contribution in [0.5, 0.6) is 0 Å². The van der Waals surface area contributed by atoms with Crippen LogP contribution in [-0.2, 0) is 12.8 Å². The lowest BCUT2D eigenvalue weighted by molar-refractivity contribution is 0.601. The quantitative estimate of drug-likeness (QED) is 0.906. The van der Waals surface area contributed by atoms with Gasteiger partial charge in [-0.2, -0.15) is 0 Å². The van der Waals surface area contributed by atoms with Crippen LogP contribution in [0.4, 0.5) is 0 Å². The van der Waals surface area contributed by atoms with Crippen LogP contribution >= 0.6 is 22.9 Å². The summed E-state index contributed by atoms with van der Waals surface area (Å²) in [5.74, 6) is 0. The Morgan fingerprint density at radius 3 is 2.89 bits per heavy atom. The number of hydrogen-bond acceptors (Lipinski definition) is 3. The summed E-state index contributed by atoms with van der Waals surface area (Å²) in [5, 5.41) is 7.31. The molecule has 0 saturated carbocycles. The second-order valence-corrected chi connectivity index (χ2v) is 5.74. The summed E-state index contributed by atoms with van der Waals surface area (Å²) in [6.07, 6.45) is 1.79. The van der Waals surface area contributed by atoms with E-state index in [1.807, 2.05) is 25.2 Å². The predicted octanol–water partition coefficient (Wildman–Crippen LogP) is 3.54. The highest BCUT2D eigenvalue weighted by Gasteiger charge is 2.07. The fraction of sp³-hybridized carbons (Fsp3) is 0.357. The van der Waals surface area contributed by atoms with Crippen molar-refractivity contribution in [3.05, 3.63) is 50.9 Å². The Bertz CT molecular complexity index is 510. The van der Waals surface area contributed by atoms with Crippen LogP contribution in [0.2, 0.25) is 5.02 Å². The molecule has 2 nitrogen and oxygen atoms in total. The summed E-state index contributed by atoms with van der Waals surface area (Å²) in [5.41, 5.74) is 2.30. The Balaban J connectivity index is 2.05. The number of nitrogens with zero attached hydrogens (tertiary/aromatic N) is 1. The Kier molecular flexibility index (Phi) is 4.75. The summed E-state index contributed by atoms with van der Waals surface area (Å²) in [4.78, 5) is 4.65. The number of nitrogens with one attached hydrogen (secondary N) is 1. The first-order chi connectivity index (χ1) is 8.69. The van der Waals surface area contributed by atoms with Crippen LogP contribution < -0.4 is 5.32 Å². The molecule has 0 aliphatic heterocycles. The van der Waals surface area contributed by atoms with Crippen molar-refractivity contribution in [3.63, 3.8) is 0 Å². The zero-order valence-electron chi connectivity index (χ0n) is 10.6. The number of benzene rings is 1. The van der Waals surface area contributed by atoms with Crippen LogP contribution in [0, 0.1) is 0 Å². The highest BCUT2D eigenvalue weighted by atomic mass is 35.5. The molecule has 0 amide bonds. The zero-order chi connectivity index (χ0) is 13.0. The van der Waals surface area contributed by atoms with Crippen molar-refractivity contribution in [1.82, 2.24) is 10.3 Å². The number of rotatable bonds is 5. The van der Waals surface area contributed by atoms with Gasteiger partial charge in [-0.1, -0.05) is 29.8 Å². The summed E-state index contributed by atoms with van der Waals surface area (Å²) in [6.45, 7) is 2.16. The molecule has 0 aliphatic rings. The highest BCUT2D eigenvalue weighted by Crippen LogP contribution is 2.21. The van der Waals surface area contributed by atoms with Gasteiger partial charge in [0.15, 0.2) is 0 Å². The fourth-order valence-electron chi connectivity index (χ4n) is 1.74. The highest BCUT2D eigenvalue weighted by molar-refractivity contribution is 7.09. The lowest BCUT2D eigenvalue weighted by Gasteiger charge is -2.06. The largest absolute Gasteiger partial charge is 0.317 e.